The molecule has 1 aromatic carbocycles. The van der Waals surface area contributed by atoms with Crippen LogP contribution in [-0.4, -0.2) is 12.8 Å². The molecule has 0 amide bonds. The molecule has 0 saturated heterocycles. The third kappa shape index (κ3) is 2.09. The van der Waals surface area contributed by atoms with Gasteiger partial charge in [0.05, 0.1) is 5.71 Å². The van der Waals surface area contributed by atoms with Crippen molar-refractivity contribution in [2.75, 3.05) is 7.11 Å². The maximum Gasteiger partial charge on any atom is 0.106 e. The van der Waals surface area contributed by atoms with Crippen LogP contribution >= 0.6 is 0 Å². The fourth-order valence-corrected chi connectivity index (χ4v) is 0.984. The van der Waals surface area contributed by atoms with Crippen LogP contribution in [0.15, 0.2) is 29.4 Å². The number of nitrogens with zero attached hydrogens (tertiary/aromatic N) is 1. The average Bonchev–Trinajstić information content (AvgIpc) is 2.06. The standard InChI is InChI=1S/C10H13NO/c1-8-4-6-10(7-5-8)9(2)11-12-3/h4-7H,1-3H3. The molecule has 0 heterocycles. The summed E-state index contributed by atoms with van der Waals surface area (Å²) in [4.78, 5) is 4.68. The van der Waals surface area contributed by atoms with E-state index < -0.39 is 0 Å². The Labute approximate surface area is 72.9 Å². The highest BCUT2D eigenvalue weighted by Gasteiger charge is 1.95. The second kappa shape index (κ2) is 3.90. The van der Waals surface area contributed by atoms with Crippen molar-refractivity contribution in [3.8, 4) is 0 Å². The predicted molar refractivity (Wildman–Crippen MR) is 50.4 cm³/mol. The maximum atomic E-state index is 4.68. The molecule has 0 unspecified atom stereocenters. The zero-order valence-electron chi connectivity index (χ0n) is 7.66. The monoisotopic (exact) mass is 163 g/mol. The lowest BCUT2D eigenvalue weighted by atomic mass is 10.1. The number of rotatable bonds is 2. The third-order valence-electron chi connectivity index (χ3n) is 1.70. The van der Waals surface area contributed by atoms with E-state index in [-0.39, 0.29) is 0 Å². The lowest BCUT2D eigenvalue weighted by Crippen LogP contribution is -1.94. The number of hydrogen-bond donors (Lipinski definition) is 0. The average molecular weight is 163 g/mol. The molecule has 0 aromatic heterocycles. The summed E-state index contributed by atoms with van der Waals surface area (Å²) in [5.41, 5.74) is 3.25. The molecule has 0 aliphatic rings. The van der Waals surface area contributed by atoms with E-state index in [9.17, 15) is 0 Å². The molecule has 64 valence electrons. The minimum Gasteiger partial charge on any atom is -0.399 e. The topological polar surface area (TPSA) is 21.6 Å². The van der Waals surface area contributed by atoms with Crippen LogP contribution in [0.2, 0.25) is 0 Å². The summed E-state index contributed by atoms with van der Waals surface area (Å²) in [6.07, 6.45) is 0. The molecular formula is C10H13NO. The first-order valence-electron chi connectivity index (χ1n) is 3.89. The van der Waals surface area contributed by atoms with Gasteiger partial charge >= 0.3 is 0 Å². The highest BCUT2D eigenvalue weighted by atomic mass is 16.6. The molecule has 2 nitrogen and oxygen atoms in total. The SMILES string of the molecule is CON=C(C)c1ccc(C)cc1. The quantitative estimate of drug-likeness (QED) is 0.484. The molecule has 0 fully saturated rings. The number of hydrogen-bond acceptors (Lipinski definition) is 2. The van der Waals surface area contributed by atoms with Gasteiger partial charge in [0, 0.05) is 0 Å². The molecule has 1 aromatic rings. The Balaban J connectivity index is 2.89. The third-order valence-corrected chi connectivity index (χ3v) is 1.70. The van der Waals surface area contributed by atoms with Crippen LogP contribution in [-0.2, 0) is 4.84 Å². The first kappa shape index (κ1) is 8.78. The Morgan fingerprint density at radius 3 is 2.33 bits per heavy atom. The van der Waals surface area contributed by atoms with Crippen molar-refractivity contribution in [2.45, 2.75) is 13.8 Å². The predicted octanol–water partition coefficient (Wildman–Crippen LogP) is 2.37. The van der Waals surface area contributed by atoms with Crippen LogP contribution in [0.1, 0.15) is 18.1 Å². The zero-order chi connectivity index (χ0) is 8.97. The van der Waals surface area contributed by atoms with Crippen molar-refractivity contribution < 1.29 is 4.84 Å². The van der Waals surface area contributed by atoms with E-state index in [1.54, 1.807) is 7.11 Å². The van der Waals surface area contributed by atoms with E-state index in [1.807, 2.05) is 19.1 Å². The molecule has 2 heteroatoms. The van der Waals surface area contributed by atoms with Crippen molar-refractivity contribution in [3.05, 3.63) is 35.4 Å². The summed E-state index contributed by atoms with van der Waals surface area (Å²) in [5, 5.41) is 3.84. The first-order valence-corrected chi connectivity index (χ1v) is 3.89. The highest BCUT2D eigenvalue weighted by Crippen LogP contribution is 2.04. The Morgan fingerprint density at radius 1 is 1.25 bits per heavy atom. The fourth-order valence-electron chi connectivity index (χ4n) is 0.984. The molecule has 0 saturated carbocycles. The molecular weight excluding hydrogens is 150 g/mol. The fraction of sp³-hybridized carbons (Fsp3) is 0.300. The van der Waals surface area contributed by atoms with E-state index >= 15 is 0 Å². The minimum absolute atomic E-state index is 0.900. The van der Waals surface area contributed by atoms with Gasteiger partial charge in [0.25, 0.3) is 0 Å². The van der Waals surface area contributed by atoms with Gasteiger partial charge in [-0.05, 0) is 19.4 Å². The molecule has 0 spiro atoms. The van der Waals surface area contributed by atoms with Crippen molar-refractivity contribution in [3.63, 3.8) is 0 Å². The van der Waals surface area contributed by atoms with Gasteiger partial charge < -0.3 is 4.84 Å². The van der Waals surface area contributed by atoms with Gasteiger partial charge in [-0.3, -0.25) is 0 Å². The lowest BCUT2D eigenvalue weighted by molar-refractivity contribution is 0.213. The van der Waals surface area contributed by atoms with Crippen molar-refractivity contribution in [1.29, 1.82) is 0 Å². The van der Waals surface area contributed by atoms with Crippen LogP contribution in [0.25, 0.3) is 0 Å². The zero-order valence-corrected chi connectivity index (χ0v) is 7.66. The summed E-state index contributed by atoms with van der Waals surface area (Å²) in [6, 6.07) is 8.19. The van der Waals surface area contributed by atoms with Crippen LogP contribution in [0.5, 0.6) is 0 Å². The van der Waals surface area contributed by atoms with E-state index in [1.165, 1.54) is 5.56 Å². The van der Waals surface area contributed by atoms with Crippen molar-refractivity contribution >= 4 is 5.71 Å². The summed E-state index contributed by atoms with van der Waals surface area (Å²) < 4.78 is 0. The van der Waals surface area contributed by atoms with Gasteiger partial charge in [-0.2, -0.15) is 0 Å². The van der Waals surface area contributed by atoms with Gasteiger partial charge in [-0.1, -0.05) is 35.0 Å². The highest BCUT2D eigenvalue weighted by molar-refractivity contribution is 5.98. The Kier molecular flexibility index (Phi) is 2.86. The Morgan fingerprint density at radius 2 is 1.83 bits per heavy atom. The molecule has 0 bridgehead atoms. The van der Waals surface area contributed by atoms with Crippen LogP contribution in [0, 0.1) is 6.92 Å². The normalized spacial score (nSPS) is 11.4. The van der Waals surface area contributed by atoms with E-state index in [0.29, 0.717) is 0 Å². The smallest absolute Gasteiger partial charge is 0.106 e. The summed E-state index contributed by atoms with van der Waals surface area (Å²) >= 11 is 0. The number of aryl methyl sites for hydroxylation is 1. The second-order valence-electron chi connectivity index (χ2n) is 2.73. The van der Waals surface area contributed by atoms with Gasteiger partial charge in [-0.15, -0.1) is 0 Å². The molecule has 0 N–H and O–H groups in total. The molecule has 0 atom stereocenters. The molecule has 12 heavy (non-hydrogen) atoms. The number of oxime groups is 1. The van der Waals surface area contributed by atoms with E-state index in [2.05, 4.69) is 29.0 Å². The van der Waals surface area contributed by atoms with Crippen molar-refractivity contribution in [1.82, 2.24) is 0 Å². The number of benzene rings is 1. The first-order chi connectivity index (χ1) is 5.74. The maximum absolute atomic E-state index is 4.68. The molecule has 0 radical (unpaired) electrons. The summed E-state index contributed by atoms with van der Waals surface area (Å²) in [6.45, 7) is 3.99. The molecule has 0 aliphatic carbocycles. The lowest BCUT2D eigenvalue weighted by Gasteiger charge is -1.99. The van der Waals surface area contributed by atoms with Gasteiger partial charge in [0.15, 0.2) is 0 Å². The van der Waals surface area contributed by atoms with Gasteiger partial charge in [-0.25, -0.2) is 0 Å². The summed E-state index contributed by atoms with van der Waals surface area (Å²) in [7, 11) is 1.55. The molecule has 1 rings (SSSR count). The Hall–Kier alpha value is -1.31. The second-order valence-corrected chi connectivity index (χ2v) is 2.73. The van der Waals surface area contributed by atoms with Gasteiger partial charge in [0.1, 0.15) is 7.11 Å². The van der Waals surface area contributed by atoms with Crippen molar-refractivity contribution in [2.24, 2.45) is 5.16 Å². The minimum atomic E-state index is 0.900. The van der Waals surface area contributed by atoms with E-state index in [4.69, 9.17) is 0 Å². The Bertz CT molecular complexity index is 274. The van der Waals surface area contributed by atoms with Crippen LogP contribution in [0.3, 0.4) is 0 Å². The van der Waals surface area contributed by atoms with Crippen LogP contribution in [0.4, 0.5) is 0 Å². The van der Waals surface area contributed by atoms with Crippen LogP contribution < -0.4 is 0 Å². The molecule has 0 aliphatic heterocycles. The van der Waals surface area contributed by atoms with Gasteiger partial charge in [0.2, 0.25) is 0 Å². The largest absolute Gasteiger partial charge is 0.399 e. The summed E-state index contributed by atoms with van der Waals surface area (Å²) in [5.74, 6) is 0. The van der Waals surface area contributed by atoms with E-state index in [0.717, 1.165) is 11.3 Å².